The molecule has 0 heterocycles. The van der Waals surface area contributed by atoms with Gasteiger partial charge in [0.2, 0.25) is 0 Å². The summed E-state index contributed by atoms with van der Waals surface area (Å²) in [5.74, 6) is -0.182. The van der Waals surface area contributed by atoms with Crippen molar-refractivity contribution < 1.29 is 18.0 Å². The zero-order chi connectivity index (χ0) is 14.6. The van der Waals surface area contributed by atoms with Crippen LogP contribution < -0.4 is 5.32 Å². The predicted octanol–water partition coefficient (Wildman–Crippen LogP) is 3.85. The molecule has 1 atom stereocenters. The fourth-order valence-corrected chi connectivity index (χ4v) is 1.53. The van der Waals surface area contributed by atoms with Gasteiger partial charge in [-0.05, 0) is 24.1 Å². The second kappa shape index (κ2) is 6.41. The van der Waals surface area contributed by atoms with Crippen LogP contribution in [-0.4, -0.2) is 17.3 Å². The first kappa shape index (κ1) is 16.0. The van der Waals surface area contributed by atoms with Crippen LogP contribution in [-0.2, 0) is 6.18 Å². The number of benzene rings is 1. The maximum Gasteiger partial charge on any atom is 0.416 e. The molecule has 0 saturated heterocycles. The van der Waals surface area contributed by atoms with E-state index in [4.69, 9.17) is 0 Å². The predicted molar refractivity (Wildman–Crippen MR) is 71.3 cm³/mol. The molecule has 0 aliphatic heterocycles. The summed E-state index contributed by atoms with van der Waals surface area (Å²) in [5.41, 5.74) is -0.808. The van der Waals surface area contributed by atoms with E-state index in [1.54, 1.807) is 0 Å². The average molecular weight is 338 g/mol. The monoisotopic (exact) mass is 337 g/mol. The van der Waals surface area contributed by atoms with Gasteiger partial charge in [-0.15, -0.1) is 0 Å². The lowest BCUT2D eigenvalue weighted by Gasteiger charge is -2.15. The summed E-state index contributed by atoms with van der Waals surface area (Å²) in [6, 6.07) is 4.39. The Balaban J connectivity index is 2.73. The molecule has 1 aromatic carbocycles. The van der Waals surface area contributed by atoms with E-state index in [0.717, 1.165) is 12.1 Å². The zero-order valence-electron chi connectivity index (χ0n) is 10.6. The minimum absolute atomic E-state index is 0.0123. The van der Waals surface area contributed by atoms with Crippen molar-refractivity contribution in [2.24, 2.45) is 5.92 Å². The standard InChI is InChI=1S/C13H15BrF3NO/c1-8(2)11(14)7-18-12(19)9-4-3-5-10(6-9)13(15,16)17/h3-6,8,11H,7H2,1-2H3,(H,18,19). The minimum atomic E-state index is -4.44. The summed E-state index contributed by atoms with van der Waals surface area (Å²) in [4.78, 5) is 11.8. The Kier molecular flexibility index (Phi) is 5.40. The number of alkyl halides is 4. The first-order valence-electron chi connectivity index (χ1n) is 5.81. The Hall–Kier alpha value is -1.04. The third kappa shape index (κ3) is 4.86. The third-order valence-corrected chi connectivity index (χ3v) is 4.01. The van der Waals surface area contributed by atoms with E-state index in [1.165, 1.54) is 12.1 Å². The molecule has 0 aromatic heterocycles. The highest BCUT2D eigenvalue weighted by Crippen LogP contribution is 2.29. The molecule has 1 aromatic rings. The third-order valence-electron chi connectivity index (χ3n) is 2.63. The van der Waals surface area contributed by atoms with Crippen LogP contribution >= 0.6 is 15.9 Å². The number of carbonyl (C=O) groups is 1. The zero-order valence-corrected chi connectivity index (χ0v) is 12.2. The molecule has 0 aliphatic rings. The van der Waals surface area contributed by atoms with Crippen LogP contribution in [0, 0.1) is 5.92 Å². The van der Waals surface area contributed by atoms with Crippen LogP contribution in [0.1, 0.15) is 29.8 Å². The molecule has 19 heavy (non-hydrogen) atoms. The smallest absolute Gasteiger partial charge is 0.351 e. The molecule has 106 valence electrons. The van der Waals surface area contributed by atoms with Gasteiger partial charge in [0.25, 0.3) is 5.91 Å². The maximum absolute atomic E-state index is 12.5. The average Bonchev–Trinajstić information content (AvgIpc) is 2.34. The molecule has 0 aliphatic carbocycles. The second-order valence-corrected chi connectivity index (χ2v) is 5.72. The van der Waals surface area contributed by atoms with E-state index < -0.39 is 17.6 Å². The van der Waals surface area contributed by atoms with Crippen LogP contribution in [0.2, 0.25) is 0 Å². The number of halogens is 4. The molecule has 1 rings (SSSR count). The Bertz CT molecular complexity index is 446. The van der Waals surface area contributed by atoms with Crippen molar-refractivity contribution in [3.05, 3.63) is 35.4 Å². The number of rotatable bonds is 4. The number of hydrogen-bond acceptors (Lipinski definition) is 1. The van der Waals surface area contributed by atoms with Gasteiger partial charge < -0.3 is 5.32 Å². The lowest BCUT2D eigenvalue weighted by molar-refractivity contribution is -0.137. The molecule has 0 fully saturated rings. The van der Waals surface area contributed by atoms with Gasteiger partial charge in [0.15, 0.2) is 0 Å². The van der Waals surface area contributed by atoms with Gasteiger partial charge in [-0.1, -0.05) is 35.8 Å². The van der Waals surface area contributed by atoms with E-state index in [9.17, 15) is 18.0 Å². The molecule has 0 radical (unpaired) electrons. The van der Waals surface area contributed by atoms with Gasteiger partial charge in [0, 0.05) is 16.9 Å². The van der Waals surface area contributed by atoms with Crippen LogP contribution in [0.3, 0.4) is 0 Å². The molecule has 2 nitrogen and oxygen atoms in total. The lowest BCUT2D eigenvalue weighted by atomic mass is 10.1. The summed E-state index contributed by atoms with van der Waals surface area (Å²) in [5, 5.41) is 2.61. The highest BCUT2D eigenvalue weighted by molar-refractivity contribution is 9.09. The van der Waals surface area contributed by atoms with Crippen LogP contribution in [0.25, 0.3) is 0 Å². The van der Waals surface area contributed by atoms with Gasteiger partial charge in [0.1, 0.15) is 0 Å². The van der Waals surface area contributed by atoms with Gasteiger partial charge in [-0.25, -0.2) is 0 Å². The fraction of sp³-hybridized carbons (Fsp3) is 0.462. The summed E-state index contributed by atoms with van der Waals surface area (Å²) in [6.07, 6.45) is -4.44. The minimum Gasteiger partial charge on any atom is -0.351 e. The van der Waals surface area contributed by atoms with Gasteiger partial charge in [-0.3, -0.25) is 4.79 Å². The van der Waals surface area contributed by atoms with Crippen LogP contribution in [0.4, 0.5) is 13.2 Å². The molecule has 1 amide bonds. The van der Waals surface area contributed by atoms with Gasteiger partial charge >= 0.3 is 6.18 Å². The van der Waals surface area contributed by atoms with Crippen molar-refractivity contribution in [1.82, 2.24) is 5.32 Å². The van der Waals surface area contributed by atoms with E-state index in [0.29, 0.717) is 12.5 Å². The highest BCUT2D eigenvalue weighted by atomic mass is 79.9. The van der Waals surface area contributed by atoms with E-state index in [-0.39, 0.29) is 10.4 Å². The van der Waals surface area contributed by atoms with Gasteiger partial charge in [0.05, 0.1) is 5.56 Å². The largest absolute Gasteiger partial charge is 0.416 e. The number of carbonyl (C=O) groups excluding carboxylic acids is 1. The molecule has 0 bridgehead atoms. The van der Waals surface area contributed by atoms with Gasteiger partial charge in [-0.2, -0.15) is 13.2 Å². The molecule has 1 unspecified atom stereocenters. The van der Waals surface area contributed by atoms with Crippen molar-refractivity contribution in [1.29, 1.82) is 0 Å². The van der Waals surface area contributed by atoms with E-state index in [1.807, 2.05) is 13.8 Å². The first-order chi connectivity index (χ1) is 8.71. The first-order valence-corrected chi connectivity index (χ1v) is 6.73. The molecule has 1 N–H and O–H groups in total. The second-order valence-electron chi connectivity index (χ2n) is 4.55. The molecular weight excluding hydrogens is 323 g/mol. The van der Waals surface area contributed by atoms with Crippen molar-refractivity contribution in [2.45, 2.75) is 24.9 Å². The molecular formula is C13H15BrF3NO. The van der Waals surface area contributed by atoms with E-state index >= 15 is 0 Å². The number of nitrogens with one attached hydrogen (secondary N) is 1. The highest BCUT2D eigenvalue weighted by Gasteiger charge is 2.30. The summed E-state index contributed by atoms with van der Waals surface area (Å²) < 4.78 is 37.5. The van der Waals surface area contributed by atoms with E-state index in [2.05, 4.69) is 21.2 Å². The topological polar surface area (TPSA) is 29.1 Å². The summed E-state index contributed by atoms with van der Waals surface area (Å²) in [7, 11) is 0. The summed E-state index contributed by atoms with van der Waals surface area (Å²) in [6.45, 7) is 4.33. The Morgan fingerprint density at radius 3 is 2.53 bits per heavy atom. The summed E-state index contributed by atoms with van der Waals surface area (Å²) >= 11 is 3.39. The Morgan fingerprint density at radius 1 is 1.37 bits per heavy atom. The molecule has 6 heteroatoms. The lowest BCUT2D eigenvalue weighted by Crippen LogP contribution is -2.31. The number of hydrogen-bond donors (Lipinski definition) is 1. The SMILES string of the molecule is CC(C)C(Br)CNC(=O)c1cccc(C(F)(F)F)c1. The van der Waals surface area contributed by atoms with Crippen molar-refractivity contribution in [2.75, 3.05) is 6.54 Å². The fourth-order valence-electron chi connectivity index (χ4n) is 1.36. The Labute approximate surface area is 118 Å². The number of amides is 1. The van der Waals surface area contributed by atoms with Crippen molar-refractivity contribution in [3.8, 4) is 0 Å². The van der Waals surface area contributed by atoms with Crippen molar-refractivity contribution in [3.63, 3.8) is 0 Å². The van der Waals surface area contributed by atoms with Crippen LogP contribution in [0.15, 0.2) is 24.3 Å². The van der Waals surface area contributed by atoms with Crippen molar-refractivity contribution >= 4 is 21.8 Å². The normalized spacial score (nSPS) is 13.4. The molecule has 0 spiro atoms. The van der Waals surface area contributed by atoms with Crippen LogP contribution in [0.5, 0.6) is 0 Å². The maximum atomic E-state index is 12.5. The molecule has 0 saturated carbocycles. The quantitative estimate of drug-likeness (QED) is 0.830. The Morgan fingerprint density at radius 2 is 2.00 bits per heavy atom.